The van der Waals surface area contributed by atoms with Crippen LogP contribution in [0.15, 0.2) is 27.8 Å². The minimum absolute atomic E-state index is 0.162. The van der Waals surface area contributed by atoms with E-state index in [1.807, 2.05) is 61.6 Å². The van der Waals surface area contributed by atoms with Crippen LogP contribution >= 0.6 is 11.3 Å². The monoisotopic (exact) mass is 508 g/mol. The van der Waals surface area contributed by atoms with Crippen LogP contribution in [0.5, 0.6) is 0 Å². The second kappa shape index (κ2) is 21.5. The van der Waals surface area contributed by atoms with Gasteiger partial charge in [0.15, 0.2) is 6.29 Å². The van der Waals surface area contributed by atoms with Crippen LogP contribution in [0.1, 0.15) is 102 Å². The number of aliphatic hydroxyl groups excluding tert-OH is 1. The van der Waals surface area contributed by atoms with Gasteiger partial charge in [-0.2, -0.15) is 0 Å². The van der Waals surface area contributed by atoms with Crippen molar-refractivity contribution in [3.63, 3.8) is 0 Å². The van der Waals surface area contributed by atoms with Crippen molar-refractivity contribution in [2.45, 2.75) is 101 Å². The molecule has 2 N–H and O–H groups in total. The summed E-state index contributed by atoms with van der Waals surface area (Å²) in [5, 5.41) is 11.7. The minimum Gasteiger partial charge on any atom is -0.392 e. The highest BCUT2D eigenvalue weighted by Crippen LogP contribution is 2.21. The first-order chi connectivity index (χ1) is 16.6. The van der Waals surface area contributed by atoms with Crippen LogP contribution in [0, 0.1) is 6.92 Å². The molecule has 6 nitrogen and oxygen atoms in total. The molecule has 0 radical (unpaired) electrons. The largest absolute Gasteiger partial charge is 0.392 e. The zero-order valence-electron chi connectivity index (χ0n) is 24.2. The molecule has 0 amide bonds. The molecule has 0 bridgehead atoms. The highest BCUT2D eigenvalue weighted by atomic mass is 32.1. The maximum Gasteiger partial charge on any atom is 0.160 e. The number of hydrogen-bond donors (Lipinski definition) is 2. The molecule has 0 aromatic carbocycles. The van der Waals surface area contributed by atoms with E-state index in [9.17, 15) is 4.79 Å². The number of likely N-dealkylation sites (N-methyl/N-ethyl adjacent to an activating group) is 1. The average Bonchev–Trinajstić information content (AvgIpc) is 3.24. The maximum atomic E-state index is 11.0. The number of carbonyl (C=O) groups is 1. The summed E-state index contributed by atoms with van der Waals surface area (Å²) in [7, 11) is 1.83. The molecule has 0 aliphatic carbocycles. The lowest BCUT2D eigenvalue weighted by atomic mass is 10.1. The van der Waals surface area contributed by atoms with Gasteiger partial charge in [-0.15, -0.1) is 11.3 Å². The lowest BCUT2D eigenvalue weighted by molar-refractivity contribution is 0.112. The van der Waals surface area contributed by atoms with E-state index in [1.165, 1.54) is 16.9 Å². The van der Waals surface area contributed by atoms with Gasteiger partial charge in [0, 0.05) is 30.2 Å². The molecule has 1 unspecified atom stereocenters. The van der Waals surface area contributed by atoms with E-state index in [0.717, 1.165) is 52.3 Å². The Morgan fingerprint density at radius 2 is 1.71 bits per heavy atom. The Morgan fingerprint density at radius 1 is 1.11 bits per heavy atom. The number of carbonyl (C=O) groups excluding carboxylic acids is 1. The molecule has 35 heavy (non-hydrogen) atoms. The summed E-state index contributed by atoms with van der Waals surface area (Å²) in [5.41, 5.74) is 4.42. The number of aliphatic imine (C=N–C) groups is 2. The van der Waals surface area contributed by atoms with Crippen LogP contribution in [0.2, 0.25) is 0 Å². The molecule has 1 rings (SSSR count). The van der Waals surface area contributed by atoms with Crippen LogP contribution in [-0.2, 0) is 0 Å². The van der Waals surface area contributed by atoms with Crippen molar-refractivity contribution in [1.82, 2.24) is 10.2 Å². The Hall–Kier alpha value is -1.83. The molecule has 0 spiro atoms. The van der Waals surface area contributed by atoms with E-state index < -0.39 is 0 Å². The van der Waals surface area contributed by atoms with Crippen LogP contribution < -0.4 is 5.32 Å². The van der Waals surface area contributed by atoms with E-state index in [-0.39, 0.29) is 6.10 Å². The van der Waals surface area contributed by atoms with Gasteiger partial charge in [-0.05, 0) is 78.1 Å². The van der Waals surface area contributed by atoms with Crippen molar-refractivity contribution in [2.24, 2.45) is 9.98 Å². The van der Waals surface area contributed by atoms with Gasteiger partial charge in [-0.1, -0.05) is 34.6 Å². The molecule has 1 aromatic heterocycles. The minimum atomic E-state index is -0.162. The Bertz CT molecular complexity index is 776. The molecule has 0 fully saturated rings. The van der Waals surface area contributed by atoms with E-state index in [2.05, 4.69) is 42.2 Å². The van der Waals surface area contributed by atoms with Crippen molar-refractivity contribution in [3.8, 4) is 0 Å². The quantitative estimate of drug-likeness (QED) is 0.235. The number of aliphatic hydroxyl groups is 1. The third kappa shape index (κ3) is 15.7. The molecule has 1 heterocycles. The van der Waals surface area contributed by atoms with Crippen LogP contribution in [0.4, 0.5) is 0 Å². The smallest absolute Gasteiger partial charge is 0.160 e. The van der Waals surface area contributed by atoms with Crippen molar-refractivity contribution < 1.29 is 9.90 Å². The molecule has 1 aromatic rings. The summed E-state index contributed by atoms with van der Waals surface area (Å²) in [6, 6.07) is 2.42. The van der Waals surface area contributed by atoms with Gasteiger partial charge >= 0.3 is 0 Å². The SMILES string of the molecule is CC.CCC(CC)N(/C=C(/C)CN=C(C)c1sc(C=O)cc1C)CN=C(C)C.CCC(O)CNC. The van der Waals surface area contributed by atoms with Crippen LogP contribution in [0.25, 0.3) is 0 Å². The van der Waals surface area contributed by atoms with Gasteiger partial charge in [-0.25, -0.2) is 0 Å². The van der Waals surface area contributed by atoms with E-state index >= 15 is 0 Å². The molecular weight excluding hydrogens is 456 g/mol. The molecular formula is C28H52N4O2S. The van der Waals surface area contributed by atoms with Crippen LogP contribution in [0.3, 0.4) is 0 Å². The zero-order valence-corrected chi connectivity index (χ0v) is 25.1. The molecule has 1 atom stereocenters. The Kier molecular flexibility index (Phi) is 21.7. The first-order valence-corrected chi connectivity index (χ1v) is 13.7. The van der Waals surface area contributed by atoms with Gasteiger partial charge in [0.1, 0.15) is 6.67 Å². The van der Waals surface area contributed by atoms with Crippen molar-refractivity contribution in [3.05, 3.63) is 33.2 Å². The predicted octanol–water partition coefficient (Wildman–Crippen LogP) is 6.51. The number of aldehydes is 1. The Balaban J connectivity index is 0. The number of rotatable bonds is 13. The molecule has 7 heteroatoms. The molecule has 0 aliphatic heterocycles. The van der Waals surface area contributed by atoms with E-state index in [1.54, 1.807) is 0 Å². The van der Waals surface area contributed by atoms with Crippen molar-refractivity contribution in [2.75, 3.05) is 26.8 Å². The second-order valence-corrected chi connectivity index (χ2v) is 9.59. The molecule has 0 saturated carbocycles. The number of aryl methyl sites for hydroxylation is 1. The highest BCUT2D eigenvalue weighted by molar-refractivity contribution is 7.15. The van der Waals surface area contributed by atoms with Gasteiger partial charge in [-0.3, -0.25) is 14.8 Å². The molecule has 0 aliphatic rings. The van der Waals surface area contributed by atoms with Crippen LogP contribution in [-0.4, -0.2) is 66.7 Å². The van der Waals surface area contributed by atoms with Gasteiger partial charge in [0.05, 0.1) is 22.4 Å². The summed E-state index contributed by atoms with van der Waals surface area (Å²) in [6.07, 6.45) is 5.99. The maximum absolute atomic E-state index is 11.0. The number of hydrogen-bond acceptors (Lipinski definition) is 7. The number of thiophene rings is 1. The fraction of sp³-hybridized carbons (Fsp3) is 0.679. The fourth-order valence-corrected chi connectivity index (χ4v) is 4.14. The normalized spacial score (nSPS) is 12.3. The van der Waals surface area contributed by atoms with E-state index in [0.29, 0.717) is 25.8 Å². The highest BCUT2D eigenvalue weighted by Gasteiger charge is 2.12. The third-order valence-corrected chi connectivity index (χ3v) is 6.48. The second-order valence-electron chi connectivity index (χ2n) is 8.51. The zero-order chi connectivity index (χ0) is 27.4. The standard InChI is InChI=1S/C21H33N3OS.C5H13NO.C2H6/c1-8-19(9-2)24(14-23-15(3)4)12-16(5)11-22-18(7)21-17(6)10-20(13-25)26-21;1-3-5(7)4-6-2;1-2/h10,12-13,19H,8-9,11,14H2,1-7H3;5-7H,3-4H2,1-2H3;1-2H3/b16-12-,22-18?;;. The summed E-state index contributed by atoms with van der Waals surface area (Å²) in [5.74, 6) is 0. The molecule has 0 saturated heterocycles. The summed E-state index contributed by atoms with van der Waals surface area (Å²) in [4.78, 5) is 24.5. The van der Waals surface area contributed by atoms with Gasteiger partial charge in [0.2, 0.25) is 0 Å². The number of nitrogens with one attached hydrogen (secondary N) is 1. The topological polar surface area (TPSA) is 77.3 Å². The predicted molar refractivity (Wildman–Crippen MR) is 157 cm³/mol. The fourth-order valence-electron chi connectivity index (χ4n) is 3.19. The Morgan fingerprint density at radius 3 is 2.11 bits per heavy atom. The number of nitrogens with zero attached hydrogens (tertiary/aromatic N) is 3. The van der Waals surface area contributed by atoms with Crippen molar-refractivity contribution >= 4 is 29.0 Å². The van der Waals surface area contributed by atoms with E-state index in [4.69, 9.17) is 10.1 Å². The van der Waals surface area contributed by atoms with Gasteiger partial charge < -0.3 is 15.3 Å². The third-order valence-electron chi connectivity index (χ3n) is 5.21. The van der Waals surface area contributed by atoms with Crippen molar-refractivity contribution in [1.29, 1.82) is 0 Å². The lowest BCUT2D eigenvalue weighted by Gasteiger charge is -2.28. The lowest BCUT2D eigenvalue weighted by Crippen LogP contribution is -2.30. The first kappa shape index (κ1) is 35.3. The summed E-state index contributed by atoms with van der Waals surface area (Å²) < 4.78 is 0. The average molecular weight is 509 g/mol. The molecule has 202 valence electrons. The van der Waals surface area contributed by atoms with Gasteiger partial charge in [0.25, 0.3) is 0 Å². The Labute approximate surface area is 219 Å². The summed E-state index contributed by atoms with van der Waals surface area (Å²) in [6.45, 7) is 22.7. The summed E-state index contributed by atoms with van der Waals surface area (Å²) >= 11 is 1.51. The first-order valence-electron chi connectivity index (χ1n) is 12.9.